The van der Waals surface area contributed by atoms with E-state index >= 15 is 0 Å². The number of anilines is 1. The van der Waals surface area contributed by atoms with E-state index in [2.05, 4.69) is 41.8 Å². The largest absolute Gasteiger partial charge is 0.378 e. The topological polar surface area (TPSA) is 142 Å². The predicted molar refractivity (Wildman–Crippen MR) is 169 cm³/mol. The van der Waals surface area contributed by atoms with Gasteiger partial charge in [0, 0.05) is 48.0 Å². The number of carbonyl (C=O) groups excluding carboxylic acids is 1. The fraction of sp³-hybridized carbons (Fsp3) is 0.414. The van der Waals surface area contributed by atoms with Crippen molar-refractivity contribution >= 4 is 48.7 Å². The predicted octanol–water partition coefficient (Wildman–Crippen LogP) is 4.03. The SMILES string of the molecule is CCS(=O)(=O)N1CC[C@H](Nc2c(Br)cnc3nc(-c4cc(C)n(-c5cc(C(C(N)=O)N(C)C)ccc5C)c4C)[nH]c23)C1. The number of rotatable bonds is 9. The number of aromatic nitrogens is 4. The van der Waals surface area contributed by atoms with Crippen LogP contribution < -0.4 is 11.1 Å². The van der Waals surface area contributed by atoms with Gasteiger partial charge in [0.05, 0.1) is 15.9 Å². The van der Waals surface area contributed by atoms with Gasteiger partial charge in [-0.25, -0.2) is 18.4 Å². The molecule has 0 spiro atoms. The van der Waals surface area contributed by atoms with Crippen LogP contribution in [0.4, 0.5) is 5.69 Å². The molecule has 4 N–H and O–H groups in total. The van der Waals surface area contributed by atoms with Gasteiger partial charge in [-0.3, -0.25) is 9.69 Å². The minimum absolute atomic E-state index is 0.0355. The van der Waals surface area contributed by atoms with Crippen LogP contribution in [0.25, 0.3) is 28.2 Å². The second-order valence-corrected chi connectivity index (χ2v) is 14.2. The highest BCUT2D eigenvalue weighted by atomic mass is 79.9. The van der Waals surface area contributed by atoms with E-state index in [-0.39, 0.29) is 11.8 Å². The lowest BCUT2D eigenvalue weighted by Crippen LogP contribution is -2.32. The van der Waals surface area contributed by atoms with Crippen LogP contribution in [0.1, 0.15) is 41.9 Å². The van der Waals surface area contributed by atoms with Crippen LogP contribution in [0.2, 0.25) is 0 Å². The first-order valence-electron chi connectivity index (χ1n) is 13.9. The Morgan fingerprint density at radius 3 is 2.67 bits per heavy atom. The summed E-state index contributed by atoms with van der Waals surface area (Å²) < 4.78 is 29.2. The Labute approximate surface area is 254 Å². The van der Waals surface area contributed by atoms with Crippen molar-refractivity contribution in [1.29, 1.82) is 0 Å². The summed E-state index contributed by atoms with van der Waals surface area (Å²) in [5.74, 6) is 0.368. The lowest BCUT2D eigenvalue weighted by Gasteiger charge is -2.23. The molecule has 11 nitrogen and oxygen atoms in total. The number of likely N-dealkylation sites (N-methyl/N-ethyl adjacent to an activating group) is 1. The van der Waals surface area contributed by atoms with Gasteiger partial charge in [-0.15, -0.1) is 0 Å². The Morgan fingerprint density at radius 1 is 1.26 bits per heavy atom. The molecule has 1 aromatic carbocycles. The number of carbonyl (C=O) groups is 1. The summed E-state index contributed by atoms with van der Waals surface area (Å²) in [4.78, 5) is 26.9. The molecule has 1 saturated heterocycles. The summed E-state index contributed by atoms with van der Waals surface area (Å²) in [5, 5.41) is 3.53. The first-order chi connectivity index (χ1) is 19.8. The summed E-state index contributed by atoms with van der Waals surface area (Å²) >= 11 is 3.62. The third-order valence-corrected chi connectivity index (χ3v) is 10.4. The Bertz CT molecular complexity index is 1780. The van der Waals surface area contributed by atoms with Crippen LogP contribution in [-0.4, -0.2) is 82.0 Å². The van der Waals surface area contributed by atoms with E-state index in [1.54, 1.807) is 17.4 Å². The first kappa shape index (κ1) is 30.2. The van der Waals surface area contributed by atoms with Crippen molar-refractivity contribution in [2.24, 2.45) is 5.73 Å². The van der Waals surface area contributed by atoms with E-state index in [0.717, 1.165) is 49.4 Å². The van der Waals surface area contributed by atoms with Gasteiger partial charge in [-0.05, 0) is 87.4 Å². The summed E-state index contributed by atoms with van der Waals surface area (Å²) in [6, 6.07) is 7.49. The van der Waals surface area contributed by atoms with Gasteiger partial charge in [0.25, 0.3) is 0 Å². The number of fused-ring (bicyclic) bond motifs is 1. The summed E-state index contributed by atoms with van der Waals surface area (Å²) in [7, 11) is 0.444. The number of H-pyrrole nitrogens is 1. The number of hydrogen-bond donors (Lipinski definition) is 3. The van der Waals surface area contributed by atoms with Gasteiger partial charge in [-0.1, -0.05) is 12.1 Å². The van der Waals surface area contributed by atoms with Crippen molar-refractivity contribution in [2.75, 3.05) is 38.3 Å². The maximum Gasteiger partial charge on any atom is 0.239 e. The quantitative estimate of drug-likeness (QED) is 0.247. The second kappa shape index (κ2) is 11.4. The van der Waals surface area contributed by atoms with E-state index in [4.69, 9.17) is 10.7 Å². The minimum Gasteiger partial charge on any atom is -0.378 e. The highest BCUT2D eigenvalue weighted by molar-refractivity contribution is 9.10. The van der Waals surface area contributed by atoms with Crippen molar-refractivity contribution in [3.63, 3.8) is 0 Å². The normalized spacial score (nSPS) is 16.9. The Morgan fingerprint density at radius 2 is 2.00 bits per heavy atom. The van der Waals surface area contributed by atoms with Crippen molar-refractivity contribution in [1.82, 2.24) is 28.7 Å². The molecule has 1 fully saturated rings. The molecular weight excluding hydrogens is 620 g/mol. The molecule has 2 atom stereocenters. The number of imidazole rings is 1. The van der Waals surface area contributed by atoms with Crippen LogP contribution in [-0.2, 0) is 14.8 Å². The average molecular weight is 658 g/mol. The number of hydrogen-bond acceptors (Lipinski definition) is 7. The second-order valence-electron chi connectivity index (χ2n) is 11.1. The number of nitrogens with two attached hydrogens (primary N) is 1. The zero-order valence-corrected chi connectivity index (χ0v) is 27.1. The molecule has 1 unspecified atom stereocenters. The van der Waals surface area contributed by atoms with Crippen molar-refractivity contribution in [3.05, 3.63) is 57.4 Å². The summed E-state index contributed by atoms with van der Waals surface area (Å²) in [5.41, 5.74) is 13.6. The van der Waals surface area contributed by atoms with Crippen LogP contribution in [0.15, 0.2) is 34.9 Å². The number of primary amides is 1. The van der Waals surface area contributed by atoms with E-state index in [9.17, 15) is 13.2 Å². The summed E-state index contributed by atoms with van der Waals surface area (Å²) in [6.07, 6.45) is 2.42. The van der Waals surface area contributed by atoms with Crippen molar-refractivity contribution < 1.29 is 13.2 Å². The average Bonchev–Trinajstić information content (AvgIpc) is 3.64. The fourth-order valence-electron chi connectivity index (χ4n) is 5.82. The number of sulfonamides is 1. The molecule has 4 aromatic rings. The third kappa shape index (κ3) is 5.46. The monoisotopic (exact) mass is 656 g/mol. The molecule has 0 aliphatic carbocycles. The lowest BCUT2D eigenvalue weighted by molar-refractivity contribution is -0.122. The lowest BCUT2D eigenvalue weighted by atomic mass is 10.0. The molecule has 1 aliphatic heterocycles. The number of pyridine rings is 1. The highest BCUT2D eigenvalue weighted by Crippen LogP contribution is 2.35. The standard InChI is InChI=1S/C29H37BrN8O3S/c1-7-42(40,41)37-11-10-20(15-37)33-24-22(30)14-32-29-25(24)34-28(35-29)21-12-17(3)38(18(21)4)23-13-19(9-8-16(23)2)26(27(31)39)36(5)6/h8-9,12-14,20,26H,7,10-11,15H2,1-6H3,(H2,31,39)(H2,32,33,34,35)/t20-,26?/m0/s1. The molecule has 0 radical (unpaired) electrons. The summed E-state index contributed by atoms with van der Waals surface area (Å²) in [6.45, 7) is 8.71. The van der Waals surface area contributed by atoms with Gasteiger partial charge in [0.15, 0.2) is 5.65 Å². The van der Waals surface area contributed by atoms with Crippen molar-refractivity contribution in [2.45, 2.75) is 46.2 Å². The minimum atomic E-state index is -3.23. The molecule has 0 saturated carbocycles. The number of nitrogens with zero attached hydrogens (tertiary/aromatic N) is 5. The Kier molecular flexibility index (Phi) is 8.23. The van der Waals surface area contributed by atoms with Crippen LogP contribution in [0.3, 0.4) is 0 Å². The number of aryl methyl sites for hydroxylation is 2. The van der Waals surface area contributed by atoms with Crippen molar-refractivity contribution in [3.8, 4) is 17.1 Å². The third-order valence-electron chi connectivity index (χ3n) is 7.99. The molecular formula is C29H37BrN8O3S. The van der Waals surface area contributed by atoms with E-state index in [0.29, 0.717) is 31.0 Å². The zero-order chi connectivity index (χ0) is 30.5. The molecule has 4 heterocycles. The van der Waals surface area contributed by atoms with Crippen LogP contribution in [0, 0.1) is 20.8 Å². The number of aromatic amines is 1. The molecule has 3 aromatic heterocycles. The molecule has 1 amide bonds. The Balaban J connectivity index is 1.52. The molecule has 42 heavy (non-hydrogen) atoms. The van der Waals surface area contributed by atoms with Gasteiger partial charge in [0.1, 0.15) is 17.4 Å². The smallest absolute Gasteiger partial charge is 0.239 e. The molecule has 13 heteroatoms. The van der Waals surface area contributed by atoms with Crippen LogP contribution >= 0.6 is 15.9 Å². The van der Waals surface area contributed by atoms with Gasteiger partial charge in [0.2, 0.25) is 15.9 Å². The van der Waals surface area contributed by atoms with E-state index < -0.39 is 22.0 Å². The fourth-order valence-corrected chi connectivity index (χ4v) is 7.39. The number of benzene rings is 1. The molecule has 0 bridgehead atoms. The highest BCUT2D eigenvalue weighted by Gasteiger charge is 2.31. The zero-order valence-electron chi connectivity index (χ0n) is 24.7. The maximum absolute atomic E-state index is 12.4. The molecule has 224 valence electrons. The van der Waals surface area contributed by atoms with Gasteiger partial charge >= 0.3 is 0 Å². The van der Waals surface area contributed by atoms with Gasteiger partial charge < -0.3 is 20.6 Å². The van der Waals surface area contributed by atoms with E-state index in [1.165, 1.54) is 0 Å². The Hall–Kier alpha value is -3.26. The van der Waals surface area contributed by atoms with E-state index in [1.807, 2.05) is 58.0 Å². The number of amides is 1. The van der Waals surface area contributed by atoms with Gasteiger partial charge in [-0.2, -0.15) is 4.31 Å². The number of halogens is 1. The maximum atomic E-state index is 12.4. The molecule has 1 aliphatic rings. The van der Waals surface area contributed by atoms with Crippen LogP contribution in [0.5, 0.6) is 0 Å². The molecule has 5 rings (SSSR count). The first-order valence-corrected chi connectivity index (χ1v) is 16.3. The number of nitrogens with one attached hydrogen (secondary N) is 2.